The van der Waals surface area contributed by atoms with Gasteiger partial charge in [-0.3, -0.25) is 11.3 Å². The molecule has 82 valence electrons. The lowest BCUT2D eigenvalue weighted by Gasteiger charge is -2.29. The maximum atomic E-state index is 5.59. The van der Waals surface area contributed by atoms with Gasteiger partial charge in [-0.2, -0.15) is 23.5 Å². The van der Waals surface area contributed by atoms with E-state index in [2.05, 4.69) is 30.7 Å². The highest BCUT2D eigenvalue weighted by molar-refractivity contribution is 8.06. The molecule has 1 heterocycles. The normalized spacial score (nSPS) is 24.6. The number of hydrazine groups is 1. The minimum absolute atomic E-state index is 0.449. The van der Waals surface area contributed by atoms with Crippen molar-refractivity contribution in [2.24, 2.45) is 5.84 Å². The molecule has 0 bridgehead atoms. The third kappa shape index (κ3) is 4.26. The predicted molar refractivity (Wildman–Crippen MR) is 68.7 cm³/mol. The second-order valence-corrected chi connectivity index (χ2v) is 6.25. The van der Waals surface area contributed by atoms with Gasteiger partial charge in [-0.1, -0.05) is 5.57 Å². The molecule has 2 atom stereocenters. The van der Waals surface area contributed by atoms with E-state index in [4.69, 9.17) is 5.84 Å². The highest BCUT2D eigenvalue weighted by Crippen LogP contribution is 2.28. The van der Waals surface area contributed by atoms with Gasteiger partial charge >= 0.3 is 0 Å². The summed E-state index contributed by atoms with van der Waals surface area (Å²) in [5.74, 6) is 9.37. The minimum atomic E-state index is 0.449. The standard InChI is InChI=1S/C10H20N2S2/c1-8(2)3-4-9(12-11)10-7-13-5-6-14-10/h9-10,12H,1,3-7,11H2,2H3. The number of nitrogens with two attached hydrogens (primary N) is 1. The fourth-order valence-corrected chi connectivity index (χ4v) is 4.43. The number of rotatable bonds is 5. The van der Waals surface area contributed by atoms with E-state index in [0.717, 1.165) is 12.8 Å². The zero-order valence-corrected chi connectivity index (χ0v) is 10.4. The van der Waals surface area contributed by atoms with Crippen molar-refractivity contribution in [1.82, 2.24) is 5.43 Å². The summed E-state index contributed by atoms with van der Waals surface area (Å²) < 4.78 is 0. The van der Waals surface area contributed by atoms with Crippen molar-refractivity contribution in [2.75, 3.05) is 17.3 Å². The van der Waals surface area contributed by atoms with Crippen molar-refractivity contribution < 1.29 is 0 Å². The van der Waals surface area contributed by atoms with E-state index >= 15 is 0 Å². The summed E-state index contributed by atoms with van der Waals surface area (Å²) in [5.41, 5.74) is 4.20. The van der Waals surface area contributed by atoms with Gasteiger partial charge in [0, 0.05) is 28.6 Å². The van der Waals surface area contributed by atoms with E-state index in [0.29, 0.717) is 11.3 Å². The molecule has 0 amide bonds. The van der Waals surface area contributed by atoms with Gasteiger partial charge in [0.1, 0.15) is 0 Å². The number of hydrogen-bond acceptors (Lipinski definition) is 4. The molecule has 1 aliphatic heterocycles. The van der Waals surface area contributed by atoms with Crippen LogP contribution in [0.4, 0.5) is 0 Å². The van der Waals surface area contributed by atoms with Crippen LogP contribution in [0, 0.1) is 0 Å². The van der Waals surface area contributed by atoms with Crippen LogP contribution in [-0.2, 0) is 0 Å². The molecule has 0 aromatic rings. The fraction of sp³-hybridized carbons (Fsp3) is 0.800. The highest BCUT2D eigenvalue weighted by Gasteiger charge is 2.23. The summed E-state index contributed by atoms with van der Waals surface area (Å²) in [6.45, 7) is 6.01. The molecule has 2 unspecified atom stereocenters. The van der Waals surface area contributed by atoms with Gasteiger partial charge in [0.25, 0.3) is 0 Å². The van der Waals surface area contributed by atoms with Gasteiger partial charge < -0.3 is 0 Å². The lowest BCUT2D eigenvalue weighted by molar-refractivity contribution is 0.492. The summed E-state index contributed by atoms with van der Waals surface area (Å²) in [7, 11) is 0. The van der Waals surface area contributed by atoms with Crippen LogP contribution in [0.25, 0.3) is 0 Å². The Hall–Kier alpha value is 0.360. The summed E-state index contributed by atoms with van der Waals surface area (Å²) in [4.78, 5) is 0. The second kappa shape index (κ2) is 6.77. The summed E-state index contributed by atoms with van der Waals surface area (Å²) in [6.07, 6.45) is 2.20. The van der Waals surface area contributed by atoms with Gasteiger partial charge in [0.05, 0.1) is 0 Å². The lowest BCUT2D eigenvalue weighted by atomic mass is 10.1. The van der Waals surface area contributed by atoms with Crippen LogP contribution in [0.1, 0.15) is 19.8 Å². The highest BCUT2D eigenvalue weighted by atomic mass is 32.2. The van der Waals surface area contributed by atoms with Gasteiger partial charge in [0.15, 0.2) is 0 Å². The van der Waals surface area contributed by atoms with E-state index in [1.807, 2.05) is 11.8 Å². The number of nitrogens with one attached hydrogen (secondary N) is 1. The fourth-order valence-electron chi connectivity index (χ4n) is 1.52. The van der Waals surface area contributed by atoms with Gasteiger partial charge in [0.2, 0.25) is 0 Å². The Morgan fingerprint density at radius 1 is 1.64 bits per heavy atom. The van der Waals surface area contributed by atoms with Crippen LogP contribution >= 0.6 is 23.5 Å². The summed E-state index contributed by atoms with van der Waals surface area (Å²) in [6, 6.07) is 0.449. The molecule has 1 rings (SSSR count). The smallest absolute Gasteiger partial charge is 0.0340 e. The van der Waals surface area contributed by atoms with Crippen LogP contribution in [-0.4, -0.2) is 28.6 Å². The molecule has 14 heavy (non-hydrogen) atoms. The van der Waals surface area contributed by atoms with Crippen molar-refractivity contribution in [3.05, 3.63) is 12.2 Å². The molecule has 4 heteroatoms. The second-order valence-electron chi connectivity index (χ2n) is 3.75. The number of allylic oxidation sites excluding steroid dienone is 1. The first-order valence-electron chi connectivity index (χ1n) is 5.04. The molecule has 0 saturated carbocycles. The van der Waals surface area contributed by atoms with E-state index in [1.165, 1.54) is 22.8 Å². The molecule has 0 radical (unpaired) electrons. The van der Waals surface area contributed by atoms with Crippen molar-refractivity contribution >= 4 is 23.5 Å². The molecule has 2 nitrogen and oxygen atoms in total. The van der Waals surface area contributed by atoms with E-state index in [9.17, 15) is 0 Å². The van der Waals surface area contributed by atoms with Crippen molar-refractivity contribution in [2.45, 2.75) is 31.1 Å². The van der Waals surface area contributed by atoms with Crippen LogP contribution in [0.5, 0.6) is 0 Å². The first-order chi connectivity index (χ1) is 6.74. The van der Waals surface area contributed by atoms with E-state index in [1.54, 1.807) is 0 Å². The van der Waals surface area contributed by atoms with Crippen LogP contribution in [0.15, 0.2) is 12.2 Å². The average Bonchev–Trinajstić information content (AvgIpc) is 2.20. The zero-order valence-electron chi connectivity index (χ0n) is 8.79. The minimum Gasteiger partial charge on any atom is -0.271 e. The monoisotopic (exact) mass is 232 g/mol. The summed E-state index contributed by atoms with van der Waals surface area (Å²) in [5, 5.41) is 0.679. The topological polar surface area (TPSA) is 38.0 Å². The molecular formula is C10H20N2S2. The molecule has 3 N–H and O–H groups in total. The van der Waals surface area contributed by atoms with Crippen molar-refractivity contribution in [1.29, 1.82) is 0 Å². The number of hydrogen-bond donors (Lipinski definition) is 2. The largest absolute Gasteiger partial charge is 0.271 e. The van der Waals surface area contributed by atoms with Gasteiger partial charge in [-0.25, -0.2) is 0 Å². The first-order valence-corrected chi connectivity index (χ1v) is 7.24. The maximum Gasteiger partial charge on any atom is 0.0340 e. The Balaban J connectivity index is 2.31. The molecule has 0 spiro atoms. The molecule has 0 aromatic heterocycles. The Kier molecular flexibility index (Phi) is 6.01. The SMILES string of the molecule is C=C(C)CCC(NN)C1CSCCS1. The zero-order chi connectivity index (χ0) is 10.4. The van der Waals surface area contributed by atoms with Crippen LogP contribution < -0.4 is 11.3 Å². The van der Waals surface area contributed by atoms with Crippen molar-refractivity contribution in [3.8, 4) is 0 Å². The first kappa shape index (κ1) is 12.4. The molecule has 0 aliphatic carbocycles. The van der Waals surface area contributed by atoms with Crippen LogP contribution in [0.2, 0.25) is 0 Å². The third-order valence-electron chi connectivity index (χ3n) is 2.39. The summed E-state index contributed by atoms with van der Waals surface area (Å²) >= 11 is 4.10. The van der Waals surface area contributed by atoms with E-state index in [-0.39, 0.29) is 0 Å². The Labute approximate surface area is 95.4 Å². The molecule has 1 aliphatic rings. The lowest BCUT2D eigenvalue weighted by Crippen LogP contribution is -2.44. The molecule has 1 saturated heterocycles. The third-order valence-corrected chi connectivity index (χ3v) is 5.31. The van der Waals surface area contributed by atoms with Gasteiger partial charge in [-0.15, -0.1) is 6.58 Å². The predicted octanol–water partition coefficient (Wildman–Crippen LogP) is 2.02. The quantitative estimate of drug-likeness (QED) is 0.432. The van der Waals surface area contributed by atoms with Crippen LogP contribution in [0.3, 0.4) is 0 Å². The van der Waals surface area contributed by atoms with Crippen molar-refractivity contribution in [3.63, 3.8) is 0 Å². The van der Waals surface area contributed by atoms with Gasteiger partial charge in [-0.05, 0) is 19.8 Å². The molecular weight excluding hydrogens is 212 g/mol. The number of thioether (sulfide) groups is 2. The van der Waals surface area contributed by atoms with E-state index < -0.39 is 0 Å². The Bertz CT molecular complexity index is 179. The Morgan fingerprint density at radius 3 is 2.93 bits per heavy atom. The molecule has 1 fully saturated rings. The maximum absolute atomic E-state index is 5.59. The molecule has 0 aromatic carbocycles. The average molecular weight is 232 g/mol. The Morgan fingerprint density at radius 2 is 2.43 bits per heavy atom.